The first kappa shape index (κ1) is 17.0. The molecule has 0 aliphatic carbocycles. The van der Waals surface area contributed by atoms with Crippen LogP contribution in [0.2, 0.25) is 6.04 Å². The van der Waals surface area contributed by atoms with Crippen molar-refractivity contribution in [2.24, 2.45) is 11.5 Å². The standard InChI is InChI=1S/C10H27N3O3Si/c1-4-10(12)16-17(14-2,15-3)9-5-7-13-8-6-11/h10,13H,4-9,11-12H2,1-3H3. The van der Waals surface area contributed by atoms with Gasteiger partial charge in [-0.25, -0.2) is 0 Å². The topological polar surface area (TPSA) is 91.8 Å². The Morgan fingerprint density at radius 3 is 2.35 bits per heavy atom. The van der Waals surface area contributed by atoms with Crippen molar-refractivity contribution < 1.29 is 13.3 Å². The lowest BCUT2D eigenvalue weighted by Crippen LogP contribution is -2.49. The maximum absolute atomic E-state index is 5.78. The summed E-state index contributed by atoms with van der Waals surface area (Å²) in [5.74, 6) is 0. The van der Waals surface area contributed by atoms with Crippen molar-refractivity contribution in [1.29, 1.82) is 0 Å². The molecule has 0 aromatic rings. The Labute approximate surface area is 105 Å². The molecule has 0 aromatic heterocycles. The van der Waals surface area contributed by atoms with E-state index in [1.165, 1.54) is 0 Å². The molecule has 0 fully saturated rings. The molecule has 0 radical (unpaired) electrons. The largest absolute Gasteiger partial charge is 0.501 e. The number of hydrogen-bond donors (Lipinski definition) is 3. The van der Waals surface area contributed by atoms with Crippen molar-refractivity contribution in [3.63, 3.8) is 0 Å². The van der Waals surface area contributed by atoms with Crippen LogP contribution in [0.1, 0.15) is 19.8 Å². The van der Waals surface area contributed by atoms with Gasteiger partial charge in [0.2, 0.25) is 0 Å². The third kappa shape index (κ3) is 7.09. The summed E-state index contributed by atoms with van der Waals surface area (Å²) in [5.41, 5.74) is 11.2. The lowest BCUT2D eigenvalue weighted by Gasteiger charge is -2.29. The molecule has 104 valence electrons. The van der Waals surface area contributed by atoms with Gasteiger partial charge in [-0.1, -0.05) is 6.92 Å². The van der Waals surface area contributed by atoms with Crippen LogP contribution in [0.25, 0.3) is 0 Å². The Hall–Kier alpha value is -0.0231. The van der Waals surface area contributed by atoms with E-state index in [0.29, 0.717) is 6.54 Å². The highest BCUT2D eigenvalue weighted by molar-refractivity contribution is 6.60. The zero-order valence-electron chi connectivity index (χ0n) is 11.2. The average molecular weight is 265 g/mol. The van der Waals surface area contributed by atoms with E-state index in [4.69, 9.17) is 24.7 Å². The minimum atomic E-state index is -2.58. The number of nitrogens with one attached hydrogen (secondary N) is 1. The minimum absolute atomic E-state index is 0.321. The van der Waals surface area contributed by atoms with E-state index in [1.807, 2.05) is 6.92 Å². The van der Waals surface area contributed by atoms with Gasteiger partial charge >= 0.3 is 8.80 Å². The van der Waals surface area contributed by atoms with E-state index in [9.17, 15) is 0 Å². The summed E-state index contributed by atoms with van der Waals surface area (Å²) >= 11 is 0. The maximum atomic E-state index is 5.78. The van der Waals surface area contributed by atoms with Gasteiger partial charge in [0.15, 0.2) is 0 Å². The monoisotopic (exact) mass is 265 g/mol. The molecule has 1 atom stereocenters. The fourth-order valence-electron chi connectivity index (χ4n) is 1.41. The molecule has 0 rings (SSSR count). The molecule has 0 heterocycles. The van der Waals surface area contributed by atoms with Gasteiger partial charge in [-0.15, -0.1) is 0 Å². The van der Waals surface area contributed by atoms with Crippen LogP contribution in [0.5, 0.6) is 0 Å². The third-order valence-electron chi connectivity index (χ3n) is 2.51. The van der Waals surface area contributed by atoms with Crippen LogP contribution in [0.15, 0.2) is 0 Å². The molecule has 0 aromatic carbocycles. The minimum Gasteiger partial charge on any atom is -0.377 e. The first-order valence-electron chi connectivity index (χ1n) is 6.08. The SMILES string of the molecule is CCC(N)O[Si](CCCNCCN)(OC)OC. The van der Waals surface area contributed by atoms with Gasteiger partial charge in [-0.05, 0) is 19.4 Å². The van der Waals surface area contributed by atoms with Crippen molar-refractivity contribution >= 4 is 8.80 Å². The van der Waals surface area contributed by atoms with Crippen molar-refractivity contribution in [2.75, 3.05) is 33.9 Å². The molecule has 0 bridgehead atoms. The third-order valence-corrected chi connectivity index (χ3v) is 5.38. The van der Waals surface area contributed by atoms with Gasteiger partial charge in [0.05, 0.1) is 6.23 Å². The quantitative estimate of drug-likeness (QED) is 0.274. The first-order chi connectivity index (χ1) is 8.14. The predicted molar refractivity (Wildman–Crippen MR) is 70.5 cm³/mol. The summed E-state index contributed by atoms with van der Waals surface area (Å²) in [6.07, 6.45) is 1.34. The zero-order valence-corrected chi connectivity index (χ0v) is 12.2. The lowest BCUT2D eigenvalue weighted by atomic mass is 10.5. The van der Waals surface area contributed by atoms with Crippen LogP contribution < -0.4 is 16.8 Å². The smallest absolute Gasteiger partial charge is 0.377 e. The Bertz CT molecular complexity index is 182. The zero-order chi connectivity index (χ0) is 13.1. The van der Waals surface area contributed by atoms with Gasteiger partial charge in [0, 0.05) is 33.4 Å². The van der Waals surface area contributed by atoms with Gasteiger partial charge in [0.1, 0.15) is 0 Å². The van der Waals surface area contributed by atoms with E-state index in [0.717, 1.165) is 32.0 Å². The Kier molecular flexibility index (Phi) is 9.94. The summed E-state index contributed by atoms with van der Waals surface area (Å²) in [5, 5.41) is 3.22. The molecule has 0 saturated carbocycles. The molecule has 0 amide bonds. The van der Waals surface area contributed by atoms with Crippen LogP contribution in [0.4, 0.5) is 0 Å². The van der Waals surface area contributed by atoms with E-state index in [2.05, 4.69) is 5.32 Å². The first-order valence-corrected chi connectivity index (χ1v) is 8.01. The molecule has 0 aliphatic heterocycles. The van der Waals surface area contributed by atoms with Crippen molar-refractivity contribution in [2.45, 2.75) is 32.0 Å². The molecule has 1 unspecified atom stereocenters. The molecule has 0 saturated heterocycles. The lowest BCUT2D eigenvalue weighted by molar-refractivity contribution is 0.0556. The van der Waals surface area contributed by atoms with E-state index < -0.39 is 8.80 Å². The van der Waals surface area contributed by atoms with Crippen LogP contribution in [-0.2, 0) is 13.3 Å². The van der Waals surface area contributed by atoms with Crippen LogP contribution in [0.3, 0.4) is 0 Å². The highest BCUT2D eigenvalue weighted by atomic mass is 28.4. The highest BCUT2D eigenvalue weighted by Gasteiger charge is 2.39. The van der Waals surface area contributed by atoms with Crippen molar-refractivity contribution in [3.8, 4) is 0 Å². The van der Waals surface area contributed by atoms with Gasteiger partial charge in [-0.2, -0.15) is 0 Å². The van der Waals surface area contributed by atoms with E-state index in [1.54, 1.807) is 14.2 Å². The van der Waals surface area contributed by atoms with Crippen LogP contribution in [-0.4, -0.2) is 48.9 Å². The predicted octanol–water partition coefficient (Wildman–Crippen LogP) is -0.132. The van der Waals surface area contributed by atoms with Crippen LogP contribution in [0, 0.1) is 0 Å². The molecule has 7 heteroatoms. The molecular formula is C10H27N3O3Si. The summed E-state index contributed by atoms with van der Waals surface area (Å²) in [6, 6.07) is 0.755. The van der Waals surface area contributed by atoms with E-state index >= 15 is 0 Å². The van der Waals surface area contributed by atoms with E-state index in [-0.39, 0.29) is 6.23 Å². The summed E-state index contributed by atoms with van der Waals surface area (Å²) in [7, 11) is 0.649. The Balaban J connectivity index is 4.02. The van der Waals surface area contributed by atoms with Crippen molar-refractivity contribution in [1.82, 2.24) is 5.32 Å². The van der Waals surface area contributed by atoms with Gasteiger partial charge < -0.3 is 30.1 Å². The molecule has 0 spiro atoms. The molecule has 5 N–H and O–H groups in total. The number of hydrogen-bond acceptors (Lipinski definition) is 6. The molecular weight excluding hydrogens is 238 g/mol. The Morgan fingerprint density at radius 2 is 1.88 bits per heavy atom. The summed E-state index contributed by atoms with van der Waals surface area (Å²) in [4.78, 5) is 0. The maximum Gasteiger partial charge on any atom is 0.501 e. The number of rotatable bonds is 11. The second-order valence-electron chi connectivity index (χ2n) is 3.80. The van der Waals surface area contributed by atoms with Gasteiger partial charge in [-0.3, -0.25) is 0 Å². The fraction of sp³-hybridized carbons (Fsp3) is 1.00. The van der Waals surface area contributed by atoms with Crippen LogP contribution >= 0.6 is 0 Å². The molecule has 6 nitrogen and oxygen atoms in total. The Morgan fingerprint density at radius 1 is 1.24 bits per heavy atom. The summed E-state index contributed by atoms with van der Waals surface area (Å²) in [6.45, 7) is 4.32. The van der Waals surface area contributed by atoms with Crippen molar-refractivity contribution in [3.05, 3.63) is 0 Å². The molecule has 17 heavy (non-hydrogen) atoms. The second kappa shape index (κ2) is 9.95. The highest BCUT2D eigenvalue weighted by Crippen LogP contribution is 2.17. The number of nitrogens with two attached hydrogens (primary N) is 2. The normalized spacial score (nSPS) is 13.9. The van der Waals surface area contributed by atoms with Gasteiger partial charge in [0.25, 0.3) is 0 Å². The summed E-state index contributed by atoms with van der Waals surface area (Å²) < 4.78 is 16.6. The fourth-order valence-corrected chi connectivity index (χ4v) is 3.54. The second-order valence-corrected chi connectivity index (χ2v) is 6.72. The average Bonchev–Trinajstić information content (AvgIpc) is 2.37. The molecule has 0 aliphatic rings.